The Kier molecular flexibility index (Phi) is 7.81. The first-order valence-electron chi connectivity index (χ1n) is 8.74. The Labute approximate surface area is 159 Å². The third kappa shape index (κ3) is 6.41. The lowest BCUT2D eigenvalue weighted by Crippen LogP contribution is -2.28. The van der Waals surface area contributed by atoms with Gasteiger partial charge in [0.25, 0.3) is 5.91 Å². The molecule has 0 saturated heterocycles. The van der Waals surface area contributed by atoms with Crippen molar-refractivity contribution in [1.82, 2.24) is 20.2 Å². The fraction of sp³-hybridized carbons (Fsp3) is 0.421. The minimum absolute atomic E-state index is 0.203. The second-order valence-corrected chi connectivity index (χ2v) is 6.22. The van der Waals surface area contributed by atoms with Crippen LogP contribution in [-0.2, 0) is 6.54 Å². The van der Waals surface area contributed by atoms with Crippen LogP contribution in [0.3, 0.4) is 0 Å². The molecule has 2 aromatic rings. The number of anilines is 1. The molecule has 1 aromatic heterocycles. The fourth-order valence-electron chi connectivity index (χ4n) is 2.43. The lowest BCUT2D eigenvalue weighted by atomic mass is 10.2. The Morgan fingerprint density at radius 1 is 1.15 bits per heavy atom. The van der Waals surface area contributed by atoms with Gasteiger partial charge in [-0.2, -0.15) is 0 Å². The minimum Gasteiger partial charge on any atom is -0.493 e. The van der Waals surface area contributed by atoms with Crippen molar-refractivity contribution < 1.29 is 14.3 Å². The summed E-state index contributed by atoms with van der Waals surface area (Å²) in [5.74, 6) is 1.52. The largest absolute Gasteiger partial charge is 0.493 e. The van der Waals surface area contributed by atoms with Gasteiger partial charge < -0.3 is 25.0 Å². The van der Waals surface area contributed by atoms with Gasteiger partial charge in [0.05, 0.1) is 14.2 Å². The predicted octanol–water partition coefficient (Wildman–Crippen LogP) is 1.79. The topological polar surface area (TPSA) is 88.6 Å². The van der Waals surface area contributed by atoms with E-state index in [-0.39, 0.29) is 5.91 Å². The maximum Gasteiger partial charge on any atom is 0.270 e. The molecule has 0 radical (unpaired) electrons. The molecule has 0 unspecified atom stereocenters. The molecule has 1 aromatic carbocycles. The number of carbonyl (C=O) groups is 1. The summed E-state index contributed by atoms with van der Waals surface area (Å²) in [7, 11) is 7.20. The number of nitrogens with one attached hydrogen (secondary N) is 2. The number of hydrogen-bond donors (Lipinski definition) is 2. The van der Waals surface area contributed by atoms with E-state index in [1.54, 1.807) is 26.5 Å². The highest BCUT2D eigenvalue weighted by Gasteiger charge is 2.09. The van der Waals surface area contributed by atoms with Gasteiger partial charge in [-0.25, -0.2) is 9.97 Å². The van der Waals surface area contributed by atoms with Crippen molar-refractivity contribution in [2.24, 2.45) is 0 Å². The zero-order chi connectivity index (χ0) is 19.6. The molecule has 8 nitrogen and oxygen atoms in total. The van der Waals surface area contributed by atoms with Crippen LogP contribution in [0.2, 0.25) is 0 Å². The molecule has 1 amide bonds. The summed E-state index contributed by atoms with van der Waals surface area (Å²) in [6.07, 6.45) is 2.45. The Hall–Kier alpha value is -2.87. The van der Waals surface area contributed by atoms with E-state index < -0.39 is 0 Å². The first-order chi connectivity index (χ1) is 13.0. The molecule has 146 valence electrons. The van der Waals surface area contributed by atoms with Crippen LogP contribution < -0.4 is 20.1 Å². The maximum atomic E-state index is 12.2. The van der Waals surface area contributed by atoms with E-state index in [0.29, 0.717) is 36.2 Å². The lowest BCUT2D eigenvalue weighted by molar-refractivity contribution is 0.0947. The Morgan fingerprint density at radius 3 is 2.63 bits per heavy atom. The van der Waals surface area contributed by atoms with Gasteiger partial charge in [0, 0.05) is 19.3 Å². The van der Waals surface area contributed by atoms with Crippen LogP contribution in [0.1, 0.15) is 22.5 Å². The molecule has 0 saturated carbocycles. The van der Waals surface area contributed by atoms with Crippen molar-refractivity contribution >= 4 is 11.9 Å². The van der Waals surface area contributed by atoms with E-state index in [1.165, 1.54) is 0 Å². The molecule has 0 aliphatic heterocycles. The molecule has 2 rings (SSSR count). The molecule has 0 aliphatic carbocycles. The van der Waals surface area contributed by atoms with Crippen molar-refractivity contribution in [2.75, 3.05) is 46.7 Å². The highest BCUT2D eigenvalue weighted by Crippen LogP contribution is 2.27. The summed E-state index contributed by atoms with van der Waals surface area (Å²) in [6, 6.07) is 7.25. The zero-order valence-corrected chi connectivity index (χ0v) is 16.3. The minimum atomic E-state index is -0.203. The molecule has 27 heavy (non-hydrogen) atoms. The van der Waals surface area contributed by atoms with E-state index in [4.69, 9.17) is 9.47 Å². The molecule has 0 bridgehead atoms. The summed E-state index contributed by atoms with van der Waals surface area (Å²) < 4.78 is 10.5. The Morgan fingerprint density at radius 2 is 1.93 bits per heavy atom. The van der Waals surface area contributed by atoms with Gasteiger partial charge >= 0.3 is 0 Å². The zero-order valence-electron chi connectivity index (χ0n) is 16.3. The molecule has 1 heterocycles. The average Bonchev–Trinajstić information content (AvgIpc) is 2.69. The molecule has 0 atom stereocenters. The number of benzene rings is 1. The van der Waals surface area contributed by atoms with E-state index in [1.807, 2.05) is 32.3 Å². The number of rotatable bonds is 10. The number of aromatic nitrogens is 2. The van der Waals surface area contributed by atoms with E-state index >= 15 is 0 Å². The molecule has 0 fully saturated rings. The van der Waals surface area contributed by atoms with Crippen LogP contribution in [0.4, 0.5) is 5.95 Å². The van der Waals surface area contributed by atoms with E-state index in [0.717, 1.165) is 18.5 Å². The molecule has 8 heteroatoms. The van der Waals surface area contributed by atoms with Gasteiger partial charge in [-0.15, -0.1) is 0 Å². The monoisotopic (exact) mass is 373 g/mol. The van der Waals surface area contributed by atoms with Crippen LogP contribution in [0.5, 0.6) is 11.5 Å². The average molecular weight is 373 g/mol. The van der Waals surface area contributed by atoms with Crippen molar-refractivity contribution in [3.8, 4) is 11.5 Å². The number of hydrogen-bond acceptors (Lipinski definition) is 7. The first-order valence-corrected chi connectivity index (χ1v) is 8.74. The van der Waals surface area contributed by atoms with Gasteiger partial charge in [0.15, 0.2) is 11.5 Å². The van der Waals surface area contributed by atoms with E-state index in [9.17, 15) is 4.79 Å². The number of ether oxygens (including phenoxy) is 2. The summed E-state index contributed by atoms with van der Waals surface area (Å²) in [5.41, 5.74) is 1.32. The third-order valence-corrected chi connectivity index (χ3v) is 3.85. The molecular weight excluding hydrogens is 346 g/mol. The van der Waals surface area contributed by atoms with Gasteiger partial charge in [-0.1, -0.05) is 6.07 Å². The normalized spacial score (nSPS) is 10.6. The molecule has 0 spiro atoms. The van der Waals surface area contributed by atoms with Gasteiger partial charge in [-0.3, -0.25) is 4.79 Å². The smallest absolute Gasteiger partial charge is 0.270 e. The van der Waals surface area contributed by atoms with Crippen molar-refractivity contribution in [2.45, 2.75) is 13.0 Å². The summed E-state index contributed by atoms with van der Waals surface area (Å²) >= 11 is 0. The predicted molar refractivity (Wildman–Crippen MR) is 104 cm³/mol. The van der Waals surface area contributed by atoms with Crippen molar-refractivity contribution in [3.63, 3.8) is 0 Å². The second-order valence-electron chi connectivity index (χ2n) is 6.22. The fourth-order valence-corrected chi connectivity index (χ4v) is 2.43. The van der Waals surface area contributed by atoms with Crippen LogP contribution in [0, 0.1) is 0 Å². The summed E-state index contributed by atoms with van der Waals surface area (Å²) in [6.45, 7) is 2.02. The number of methoxy groups -OCH3 is 2. The van der Waals surface area contributed by atoms with E-state index in [2.05, 4.69) is 25.5 Å². The second kappa shape index (κ2) is 10.3. The number of amides is 1. The number of carbonyl (C=O) groups excluding carboxylic acids is 1. The number of nitrogens with zero attached hydrogens (tertiary/aromatic N) is 3. The van der Waals surface area contributed by atoms with Crippen molar-refractivity contribution in [3.05, 3.63) is 41.7 Å². The standard InChI is InChI=1S/C19H27N5O3/c1-24(2)11-5-9-20-18(25)15-8-10-21-19(23-15)22-13-14-6-7-16(26-3)17(12-14)27-4/h6-8,10,12H,5,9,11,13H2,1-4H3,(H,20,25)(H,21,22,23). The quantitative estimate of drug-likeness (QED) is 0.614. The van der Waals surface area contributed by atoms with Gasteiger partial charge in [0.1, 0.15) is 5.69 Å². The Bertz CT molecular complexity index is 752. The van der Waals surface area contributed by atoms with Crippen molar-refractivity contribution in [1.29, 1.82) is 0 Å². The SMILES string of the molecule is COc1ccc(CNc2nccc(C(=O)NCCCN(C)C)n2)cc1OC. The van der Waals surface area contributed by atoms with Crippen LogP contribution in [0.25, 0.3) is 0 Å². The maximum absolute atomic E-state index is 12.2. The highest BCUT2D eigenvalue weighted by molar-refractivity contribution is 5.92. The van der Waals surface area contributed by atoms with Gasteiger partial charge in [0.2, 0.25) is 5.95 Å². The van der Waals surface area contributed by atoms with Gasteiger partial charge in [-0.05, 0) is 50.8 Å². The third-order valence-electron chi connectivity index (χ3n) is 3.85. The van der Waals surface area contributed by atoms with Crippen LogP contribution in [-0.4, -0.2) is 62.2 Å². The molecular formula is C19H27N5O3. The molecule has 0 aliphatic rings. The lowest BCUT2D eigenvalue weighted by Gasteiger charge is -2.11. The van der Waals surface area contributed by atoms with Crippen LogP contribution >= 0.6 is 0 Å². The van der Waals surface area contributed by atoms with Crippen LogP contribution in [0.15, 0.2) is 30.5 Å². The molecule has 2 N–H and O–H groups in total. The summed E-state index contributed by atoms with van der Waals surface area (Å²) in [4.78, 5) is 22.7. The highest BCUT2D eigenvalue weighted by atomic mass is 16.5. The first kappa shape index (κ1) is 20.4. The summed E-state index contributed by atoms with van der Waals surface area (Å²) in [5, 5.41) is 5.99. The Balaban J connectivity index is 1.92.